The van der Waals surface area contributed by atoms with Crippen molar-refractivity contribution < 1.29 is 13.2 Å². The van der Waals surface area contributed by atoms with Crippen molar-refractivity contribution in [3.8, 4) is 0 Å². The molecule has 0 aliphatic rings. The highest BCUT2D eigenvalue weighted by atomic mass is 19.4. The summed E-state index contributed by atoms with van der Waals surface area (Å²) >= 11 is 0. The van der Waals surface area contributed by atoms with E-state index in [2.05, 4.69) is 20.6 Å². The zero-order valence-electron chi connectivity index (χ0n) is 10.4. The van der Waals surface area contributed by atoms with Crippen LogP contribution in [0.5, 0.6) is 0 Å². The summed E-state index contributed by atoms with van der Waals surface area (Å²) in [5, 5.41) is 5.82. The lowest BCUT2D eigenvalue weighted by molar-refractivity contribution is -0.135. The Bertz CT molecular complexity index is 379. The summed E-state index contributed by atoms with van der Waals surface area (Å²) < 4.78 is 35.8. The van der Waals surface area contributed by atoms with Gasteiger partial charge in [0.05, 0.1) is 0 Å². The molecule has 0 fully saturated rings. The number of alkyl halides is 3. The number of aromatic nitrogens is 2. The maximum atomic E-state index is 11.9. The number of nitrogens with zero attached hydrogens (tertiary/aromatic N) is 2. The lowest BCUT2D eigenvalue weighted by atomic mass is 10.2. The van der Waals surface area contributed by atoms with Crippen molar-refractivity contribution in [2.75, 3.05) is 24.2 Å². The number of halogens is 3. The molecule has 1 heterocycles. The average molecular weight is 262 g/mol. The van der Waals surface area contributed by atoms with Crippen LogP contribution in [-0.4, -0.2) is 29.7 Å². The van der Waals surface area contributed by atoms with Gasteiger partial charge in [-0.2, -0.15) is 18.2 Å². The van der Waals surface area contributed by atoms with Crippen LogP contribution in [-0.2, 0) is 0 Å². The molecule has 7 heteroatoms. The molecule has 2 N–H and O–H groups in total. The third kappa shape index (κ3) is 5.20. The highest BCUT2D eigenvalue weighted by Gasteiger charge is 2.25. The van der Waals surface area contributed by atoms with Gasteiger partial charge in [-0.25, -0.2) is 4.98 Å². The van der Waals surface area contributed by atoms with E-state index in [1.54, 1.807) is 13.2 Å². The Kier molecular flexibility index (Phi) is 5.18. The predicted molar refractivity (Wildman–Crippen MR) is 64.7 cm³/mol. The minimum Gasteiger partial charge on any atom is -0.370 e. The summed E-state index contributed by atoms with van der Waals surface area (Å²) in [6.45, 7) is 2.31. The summed E-state index contributed by atoms with van der Waals surface area (Å²) in [7, 11) is 1.71. The zero-order valence-corrected chi connectivity index (χ0v) is 10.4. The number of nitrogens with one attached hydrogen (secondary N) is 2. The zero-order chi connectivity index (χ0) is 13.6. The molecule has 0 amide bonds. The van der Waals surface area contributed by atoms with E-state index in [9.17, 15) is 13.2 Å². The average Bonchev–Trinajstić information content (AvgIpc) is 2.29. The van der Waals surface area contributed by atoms with Crippen LogP contribution in [0.3, 0.4) is 0 Å². The first-order valence-electron chi connectivity index (χ1n) is 5.74. The molecule has 1 aromatic heterocycles. The third-order valence-corrected chi connectivity index (χ3v) is 2.37. The number of rotatable bonds is 6. The number of anilines is 2. The molecule has 4 nitrogen and oxygen atoms in total. The van der Waals surface area contributed by atoms with Crippen molar-refractivity contribution in [2.45, 2.75) is 32.4 Å². The Morgan fingerprint density at radius 1 is 1.28 bits per heavy atom. The first-order chi connectivity index (χ1) is 8.42. The Balaban J connectivity index is 2.35. The summed E-state index contributed by atoms with van der Waals surface area (Å²) in [4.78, 5) is 8.20. The maximum Gasteiger partial charge on any atom is 0.389 e. The molecule has 102 valence electrons. The molecule has 1 rings (SSSR count). The van der Waals surface area contributed by atoms with Gasteiger partial charge in [0.15, 0.2) is 0 Å². The van der Waals surface area contributed by atoms with Crippen LogP contribution in [0, 0.1) is 6.92 Å². The molecular weight excluding hydrogens is 245 g/mol. The van der Waals surface area contributed by atoms with Crippen molar-refractivity contribution in [1.82, 2.24) is 9.97 Å². The smallest absolute Gasteiger partial charge is 0.370 e. The summed E-state index contributed by atoms with van der Waals surface area (Å²) in [6.07, 6.45) is -2.56. The van der Waals surface area contributed by atoms with Crippen LogP contribution in [0.25, 0.3) is 0 Å². The minimum absolute atomic E-state index is 0.125. The van der Waals surface area contributed by atoms with Crippen molar-refractivity contribution in [3.05, 3.63) is 11.8 Å². The second-order valence-electron chi connectivity index (χ2n) is 3.97. The van der Waals surface area contributed by atoms with Gasteiger partial charge in [-0.3, -0.25) is 0 Å². The minimum atomic E-state index is -4.07. The number of hydrogen-bond acceptors (Lipinski definition) is 4. The van der Waals surface area contributed by atoms with Gasteiger partial charge in [0.2, 0.25) is 5.95 Å². The summed E-state index contributed by atoms with van der Waals surface area (Å²) in [6, 6.07) is 0. The Labute approximate surface area is 104 Å². The topological polar surface area (TPSA) is 49.8 Å². The molecule has 0 saturated carbocycles. The van der Waals surface area contributed by atoms with Gasteiger partial charge in [0.1, 0.15) is 5.82 Å². The molecular formula is C11H17F3N4. The van der Waals surface area contributed by atoms with Crippen LogP contribution < -0.4 is 10.6 Å². The Morgan fingerprint density at radius 2 is 2.00 bits per heavy atom. The molecule has 0 radical (unpaired) electrons. The largest absolute Gasteiger partial charge is 0.389 e. The highest BCUT2D eigenvalue weighted by molar-refractivity contribution is 5.46. The van der Waals surface area contributed by atoms with E-state index in [0.717, 1.165) is 5.56 Å². The molecule has 0 aliphatic heterocycles. The van der Waals surface area contributed by atoms with Gasteiger partial charge in [0, 0.05) is 31.8 Å². The first-order valence-corrected chi connectivity index (χ1v) is 5.74. The number of aryl methyl sites for hydroxylation is 1. The standard InChI is InChI=1S/C11H17F3N4/c1-8-7-17-10(15-2)18-9(8)16-6-4-3-5-11(12,13)14/h7H,3-6H2,1-2H3,(H2,15,16,17,18). The van der Waals surface area contributed by atoms with E-state index >= 15 is 0 Å². The molecule has 0 spiro atoms. The third-order valence-electron chi connectivity index (χ3n) is 2.37. The number of unbranched alkanes of at least 4 members (excludes halogenated alkanes) is 1. The van der Waals surface area contributed by atoms with Gasteiger partial charge in [0.25, 0.3) is 0 Å². The van der Waals surface area contributed by atoms with Crippen LogP contribution in [0.2, 0.25) is 0 Å². The molecule has 0 aromatic carbocycles. The second kappa shape index (κ2) is 6.42. The van der Waals surface area contributed by atoms with E-state index in [-0.39, 0.29) is 6.42 Å². The fraction of sp³-hybridized carbons (Fsp3) is 0.636. The molecule has 18 heavy (non-hydrogen) atoms. The Hall–Kier alpha value is -1.53. The van der Waals surface area contributed by atoms with Gasteiger partial charge >= 0.3 is 6.18 Å². The van der Waals surface area contributed by atoms with Crippen LogP contribution in [0.15, 0.2) is 6.20 Å². The lowest BCUT2D eigenvalue weighted by Crippen LogP contribution is -2.10. The van der Waals surface area contributed by atoms with Crippen molar-refractivity contribution in [1.29, 1.82) is 0 Å². The SMILES string of the molecule is CNc1ncc(C)c(NCCCCC(F)(F)F)n1. The molecule has 0 unspecified atom stereocenters. The second-order valence-corrected chi connectivity index (χ2v) is 3.97. The van der Waals surface area contributed by atoms with Gasteiger partial charge in [-0.15, -0.1) is 0 Å². The van der Waals surface area contributed by atoms with Crippen molar-refractivity contribution >= 4 is 11.8 Å². The fourth-order valence-corrected chi connectivity index (χ4v) is 1.40. The summed E-state index contributed by atoms with van der Waals surface area (Å²) in [5.41, 5.74) is 0.866. The van der Waals surface area contributed by atoms with E-state index in [1.165, 1.54) is 0 Å². The quantitative estimate of drug-likeness (QED) is 0.774. The Morgan fingerprint density at radius 3 is 2.61 bits per heavy atom. The predicted octanol–water partition coefficient (Wildman–Crippen LogP) is 2.97. The van der Waals surface area contributed by atoms with E-state index in [1.807, 2.05) is 6.92 Å². The molecule has 0 atom stereocenters. The van der Waals surface area contributed by atoms with E-state index in [4.69, 9.17) is 0 Å². The molecule has 0 saturated heterocycles. The molecule has 0 aliphatic carbocycles. The van der Waals surface area contributed by atoms with Crippen LogP contribution >= 0.6 is 0 Å². The van der Waals surface area contributed by atoms with Crippen LogP contribution in [0.4, 0.5) is 24.9 Å². The molecule has 1 aromatic rings. The lowest BCUT2D eigenvalue weighted by Gasteiger charge is -2.10. The van der Waals surface area contributed by atoms with Crippen molar-refractivity contribution in [2.24, 2.45) is 0 Å². The summed E-state index contributed by atoms with van der Waals surface area (Å²) in [5.74, 6) is 1.14. The van der Waals surface area contributed by atoms with Crippen molar-refractivity contribution in [3.63, 3.8) is 0 Å². The van der Waals surface area contributed by atoms with Gasteiger partial charge in [-0.1, -0.05) is 0 Å². The van der Waals surface area contributed by atoms with E-state index in [0.29, 0.717) is 24.7 Å². The van der Waals surface area contributed by atoms with Gasteiger partial charge in [-0.05, 0) is 19.8 Å². The fourth-order valence-electron chi connectivity index (χ4n) is 1.40. The maximum absolute atomic E-state index is 11.9. The van der Waals surface area contributed by atoms with Crippen LogP contribution in [0.1, 0.15) is 24.8 Å². The molecule has 0 bridgehead atoms. The number of hydrogen-bond donors (Lipinski definition) is 2. The van der Waals surface area contributed by atoms with E-state index < -0.39 is 12.6 Å². The highest BCUT2D eigenvalue weighted by Crippen LogP contribution is 2.22. The first kappa shape index (κ1) is 14.5. The normalized spacial score (nSPS) is 11.4. The monoisotopic (exact) mass is 262 g/mol. The van der Waals surface area contributed by atoms with Gasteiger partial charge < -0.3 is 10.6 Å².